The van der Waals surface area contributed by atoms with Crippen LogP contribution in [0.1, 0.15) is 19.8 Å². The van der Waals surface area contributed by atoms with Gasteiger partial charge in [0.25, 0.3) is 0 Å². The first-order valence-electron chi connectivity index (χ1n) is 7.49. The van der Waals surface area contributed by atoms with Crippen LogP contribution in [0.25, 0.3) is 0 Å². The van der Waals surface area contributed by atoms with Crippen molar-refractivity contribution in [3.63, 3.8) is 0 Å². The predicted molar refractivity (Wildman–Crippen MR) is 81.7 cm³/mol. The molecule has 0 aliphatic carbocycles. The number of carbonyl (C=O) groups excluding carboxylic acids is 1. The molecule has 1 aliphatic heterocycles. The van der Waals surface area contributed by atoms with E-state index in [2.05, 4.69) is 15.6 Å². The van der Waals surface area contributed by atoms with Gasteiger partial charge in [-0.1, -0.05) is 0 Å². The van der Waals surface area contributed by atoms with E-state index >= 15 is 0 Å². The third-order valence-electron chi connectivity index (χ3n) is 3.42. The molecule has 0 aromatic heterocycles. The maximum atomic E-state index is 13.5. The van der Waals surface area contributed by atoms with Gasteiger partial charge in [0.05, 0.1) is 5.69 Å². The van der Waals surface area contributed by atoms with E-state index in [-0.39, 0.29) is 6.54 Å². The van der Waals surface area contributed by atoms with E-state index in [4.69, 9.17) is 0 Å². The summed E-state index contributed by atoms with van der Waals surface area (Å²) in [5, 5.41) is 5.28. The molecule has 23 heavy (non-hydrogen) atoms. The molecule has 0 unspecified atom stereocenters. The van der Waals surface area contributed by atoms with E-state index in [9.17, 15) is 18.0 Å². The van der Waals surface area contributed by atoms with E-state index in [0.717, 1.165) is 38.1 Å². The number of guanidine groups is 1. The molecule has 1 saturated heterocycles. The Morgan fingerprint density at radius 3 is 2.57 bits per heavy atom. The van der Waals surface area contributed by atoms with Crippen LogP contribution in [0.15, 0.2) is 17.1 Å². The number of carbonyl (C=O) groups is 1. The summed E-state index contributed by atoms with van der Waals surface area (Å²) in [5.41, 5.74) is -0.407. The summed E-state index contributed by atoms with van der Waals surface area (Å²) < 4.78 is 39.5. The van der Waals surface area contributed by atoms with Crippen LogP contribution in [-0.4, -0.2) is 42.9 Å². The first-order chi connectivity index (χ1) is 11.0. The van der Waals surface area contributed by atoms with E-state index in [1.165, 1.54) is 0 Å². The van der Waals surface area contributed by atoms with Crippen molar-refractivity contribution in [2.75, 3.05) is 31.5 Å². The lowest BCUT2D eigenvalue weighted by atomic mass is 10.3. The fraction of sp³-hybridized carbons (Fsp3) is 0.467. The first kappa shape index (κ1) is 17.1. The van der Waals surface area contributed by atoms with Crippen molar-refractivity contribution in [3.05, 3.63) is 29.6 Å². The van der Waals surface area contributed by atoms with Crippen molar-refractivity contribution in [2.24, 2.45) is 4.99 Å². The molecule has 1 fully saturated rings. The minimum atomic E-state index is -1.61. The highest BCUT2D eigenvalue weighted by Gasteiger charge is 2.17. The number of likely N-dealkylation sites (tertiary alicyclic amines) is 1. The number of nitrogens with zero attached hydrogens (tertiary/aromatic N) is 2. The lowest BCUT2D eigenvalue weighted by Gasteiger charge is -2.20. The summed E-state index contributed by atoms with van der Waals surface area (Å²) in [6.45, 7) is 4.07. The van der Waals surface area contributed by atoms with Crippen molar-refractivity contribution in [3.8, 4) is 0 Å². The minimum absolute atomic E-state index is 0.239. The number of nitrogens with one attached hydrogen (secondary N) is 2. The number of hydrogen-bond acceptors (Lipinski definition) is 2. The molecule has 0 spiro atoms. The molecular weight excluding hydrogens is 309 g/mol. The quantitative estimate of drug-likeness (QED) is 0.506. The lowest BCUT2D eigenvalue weighted by molar-refractivity contribution is -0.114. The molecule has 2 rings (SSSR count). The Morgan fingerprint density at radius 2 is 1.91 bits per heavy atom. The Hall–Kier alpha value is -2.25. The van der Waals surface area contributed by atoms with Gasteiger partial charge in [-0.3, -0.25) is 4.79 Å². The van der Waals surface area contributed by atoms with Gasteiger partial charge in [0.15, 0.2) is 23.4 Å². The van der Waals surface area contributed by atoms with Gasteiger partial charge in [0.1, 0.15) is 6.54 Å². The van der Waals surface area contributed by atoms with Crippen LogP contribution >= 0.6 is 0 Å². The fourth-order valence-electron chi connectivity index (χ4n) is 2.31. The van der Waals surface area contributed by atoms with Crippen molar-refractivity contribution >= 4 is 17.6 Å². The summed E-state index contributed by atoms with van der Waals surface area (Å²) in [6, 6.07) is 1.73. The summed E-state index contributed by atoms with van der Waals surface area (Å²) in [5.74, 6) is -4.33. The smallest absolute Gasteiger partial charge is 0.246 e. The molecule has 1 aromatic rings. The number of benzene rings is 1. The summed E-state index contributed by atoms with van der Waals surface area (Å²) >= 11 is 0. The average Bonchev–Trinajstić information content (AvgIpc) is 3.06. The Bertz CT molecular complexity index is 601. The van der Waals surface area contributed by atoms with E-state index in [1.54, 1.807) is 0 Å². The average molecular weight is 328 g/mol. The molecule has 8 heteroatoms. The molecule has 0 saturated carbocycles. The third-order valence-corrected chi connectivity index (χ3v) is 3.42. The fourth-order valence-corrected chi connectivity index (χ4v) is 2.31. The van der Waals surface area contributed by atoms with Gasteiger partial charge in [-0.25, -0.2) is 18.2 Å². The van der Waals surface area contributed by atoms with Crippen molar-refractivity contribution < 1.29 is 18.0 Å². The summed E-state index contributed by atoms with van der Waals surface area (Å²) in [4.78, 5) is 18.1. The Morgan fingerprint density at radius 1 is 1.22 bits per heavy atom. The van der Waals surface area contributed by atoms with E-state index in [0.29, 0.717) is 12.5 Å². The molecule has 1 amide bonds. The second kappa shape index (κ2) is 7.85. The number of rotatable bonds is 4. The zero-order valence-electron chi connectivity index (χ0n) is 12.8. The van der Waals surface area contributed by atoms with Crippen LogP contribution in [0.2, 0.25) is 0 Å². The Balaban J connectivity index is 2.00. The molecule has 0 bridgehead atoms. The molecule has 126 valence electrons. The Labute approximate surface area is 132 Å². The number of aliphatic imine (C=N–C) groups is 1. The normalized spacial score (nSPS) is 15.0. The second-order valence-electron chi connectivity index (χ2n) is 5.14. The molecule has 1 aliphatic rings. The van der Waals surface area contributed by atoms with Crippen LogP contribution in [-0.2, 0) is 4.79 Å². The summed E-state index contributed by atoms with van der Waals surface area (Å²) in [6.07, 6.45) is 2.13. The maximum Gasteiger partial charge on any atom is 0.246 e. The molecule has 2 N–H and O–H groups in total. The largest absolute Gasteiger partial charge is 0.357 e. The highest BCUT2D eigenvalue weighted by Crippen LogP contribution is 2.19. The van der Waals surface area contributed by atoms with Crippen molar-refractivity contribution in [1.82, 2.24) is 10.2 Å². The van der Waals surface area contributed by atoms with Crippen LogP contribution in [0.4, 0.5) is 18.9 Å². The van der Waals surface area contributed by atoms with Crippen LogP contribution < -0.4 is 10.6 Å². The molecule has 0 atom stereocenters. The molecule has 0 radical (unpaired) electrons. The van der Waals surface area contributed by atoms with Crippen molar-refractivity contribution in [2.45, 2.75) is 19.8 Å². The first-order valence-corrected chi connectivity index (χ1v) is 7.49. The van der Waals surface area contributed by atoms with Gasteiger partial charge >= 0.3 is 0 Å². The Kier molecular flexibility index (Phi) is 5.84. The number of hydrogen-bond donors (Lipinski definition) is 2. The van der Waals surface area contributed by atoms with E-state index < -0.39 is 29.0 Å². The van der Waals surface area contributed by atoms with Gasteiger partial charge in [-0.2, -0.15) is 0 Å². The van der Waals surface area contributed by atoms with Gasteiger partial charge < -0.3 is 15.5 Å². The predicted octanol–water partition coefficient (Wildman–Crippen LogP) is 2.10. The standard InChI is InChI=1S/C15H19F3N4O/c1-2-19-15(22-7-3-4-8-22)20-9-12(23)21-11-6-5-10(16)13(17)14(11)18/h5-6H,2-4,7-9H2,1H3,(H,19,20)(H,21,23). The summed E-state index contributed by atoms with van der Waals surface area (Å²) in [7, 11) is 0. The zero-order valence-corrected chi connectivity index (χ0v) is 12.8. The molecule has 1 aromatic carbocycles. The second-order valence-corrected chi connectivity index (χ2v) is 5.14. The van der Waals surface area contributed by atoms with Crippen molar-refractivity contribution in [1.29, 1.82) is 0 Å². The number of amides is 1. The zero-order chi connectivity index (χ0) is 16.8. The topological polar surface area (TPSA) is 56.7 Å². The third kappa shape index (κ3) is 4.37. The van der Waals surface area contributed by atoms with E-state index in [1.807, 2.05) is 11.8 Å². The van der Waals surface area contributed by atoms with Crippen LogP contribution in [0, 0.1) is 17.5 Å². The minimum Gasteiger partial charge on any atom is -0.357 e. The number of anilines is 1. The SMILES string of the molecule is CCNC(=NCC(=O)Nc1ccc(F)c(F)c1F)N1CCCC1. The highest BCUT2D eigenvalue weighted by molar-refractivity contribution is 5.94. The lowest BCUT2D eigenvalue weighted by Crippen LogP contribution is -2.40. The van der Waals surface area contributed by atoms with Crippen LogP contribution in [0.3, 0.4) is 0 Å². The van der Waals surface area contributed by atoms with Gasteiger partial charge in [0, 0.05) is 19.6 Å². The molecular formula is C15H19F3N4O. The maximum absolute atomic E-state index is 13.5. The molecule has 1 heterocycles. The van der Waals surface area contributed by atoms with Gasteiger partial charge in [0.2, 0.25) is 5.91 Å². The monoisotopic (exact) mass is 328 g/mol. The van der Waals surface area contributed by atoms with Gasteiger partial charge in [-0.05, 0) is 31.9 Å². The number of halogens is 3. The van der Waals surface area contributed by atoms with Crippen LogP contribution in [0.5, 0.6) is 0 Å². The van der Waals surface area contributed by atoms with Gasteiger partial charge in [-0.15, -0.1) is 0 Å². The highest BCUT2D eigenvalue weighted by atomic mass is 19.2. The molecule has 5 nitrogen and oxygen atoms in total.